The molecule has 0 aromatic carbocycles. The van der Waals surface area contributed by atoms with Crippen molar-refractivity contribution in [3.05, 3.63) is 5.01 Å². The molecule has 17 heavy (non-hydrogen) atoms. The van der Waals surface area contributed by atoms with E-state index in [1.807, 2.05) is 6.92 Å². The highest BCUT2D eigenvalue weighted by atomic mass is 32.2. The molecule has 1 aromatic heterocycles. The summed E-state index contributed by atoms with van der Waals surface area (Å²) in [4.78, 5) is 0. The van der Waals surface area contributed by atoms with Gasteiger partial charge in [0.05, 0.1) is 6.61 Å². The Morgan fingerprint density at radius 1 is 1.47 bits per heavy atom. The summed E-state index contributed by atoms with van der Waals surface area (Å²) in [5, 5.41) is 21.9. The van der Waals surface area contributed by atoms with Crippen LogP contribution in [0.25, 0.3) is 0 Å². The van der Waals surface area contributed by atoms with Crippen molar-refractivity contribution in [2.24, 2.45) is 0 Å². The second-order valence-corrected chi connectivity index (χ2v) is 7.23. The molecule has 0 saturated carbocycles. The molecular formula is C11H21N3OS2. The van der Waals surface area contributed by atoms with E-state index < -0.39 is 0 Å². The van der Waals surface area contributed by atoms with Crippen LogP contribution < -0.4 is 5.32 Å². The normalized spacial score (nSPS) is 15.2. The van der Waals surface area contributed by atoms with E-state index in [-0.39, 0.29) is 12.1 Å². The van der Waals surface area contributed by atoms with Gasteiger partial charge in [-0.15, -0.1) is 10.2 Å². The summed E-state index contributed by atoms with van der Waals surface area (Å²) in [5.41, 5.74) is -0.207. The highest BCUT2D eigenvalue weighted by molar-refractivity contribution is 8.01. The summed E-state index contributed by atoms with van der Waals surface area (Å²) in [6, 6.07) is 0.376. The standard InChI is InChI=1S/C11H21N3OS2/c1-8(2)12-11(4,7-15)5-6-16-10-14-13-9(3)17-10/h8,12,15H,5-7H2,1-4H3. The number of aliphatic hydroxyl groups excluding tert-OH is 1. The molecule has 0 aliphatic rings. The summed E-state index contributed by atoms with van der Waals surface area (Å²) < 4.78 is 1.01. The predicted octanol–water partition coefficient (Wildman–Crippen LogP) is 2.08. The molecule has 2 N–H and O–H groups in total. The molecule has 1 rings (SSSR count). The van der Waals surface area contributed by atoms with Gasteiger partial charge in [0.2, 0.25) is 0 Å². The molecule has 1 aromatic rings. The minimum Gasteiger partial charge on any atom is -0.394 e. The van der Waals surface area contributed by atoms with Gasteiger partial charge in [0, 0.05) is 17.3 Å². The zero-order valence-electron chi connectivity index (χ0n) is 10.9. The van der Waals surface area contributed by atoms with E-state index in [1.54, 1.807) is 23.1 Å². The van der Waals surface area contributed by atoms with Gasteiger partial charge in [-0.25, -0.2) is 0 Å². The number of thioether (sulfide) groups is 1. The van der Waals surface area contributed by atoms with E-state index >= 15 is 0 Å². The van der Waals surface area contributed by atoms with E-state index in [9.17, 15) is 5.11 Å². The first-order valence-electron chi connectivity index (χ1n) is 5.76. The predicted molar refractivity (Wildman–Crippen MR) is 73.7 cm³/mol. The molecule has 1 heterocycles. The molecule has 0 radical (unpaired) electrons. The molecule has 0 saturated heterocycles. The summed E-state index contributed by atoms with van der Waals surface area (Å²) in [6.45, 7) is 8.35. The summed E-state index contributed by atoms with van der Waals surface area (Å²) in [6.07, 6.45) is 0.908. The second kappa shape index (κ2) is 6.68. The first-order valence-corrected chi connectivity index (χ1v) is 7.57. The van der Waals surface area contributed by atoms with Crippen LogP contribution in [0.5, 0.6) is 0 Å². The monoisotopic (exact) mass is 275 g/mol. The molecular weight excluding hydrogens is 254 g/mol. The highest BCUT2D eigenvalue weighted by Gasteiger charge is 2.23. The first kappa shape index (κ1) is 14.9. The molecule has 0 amide bonds. The van der Waals surface area contributed by atoms with Crippen LogP contribution in [0.1, 0.15) is 32.2 Å². The van der Waals surface area contributed by atoms with Gasteiger partial charge in [-0.05, 0) is 20.3 Å². The first-order chi connectivity index (χ1) is 7.95. The third kappa shape index (κ3) is 5.33. The molecule has 0 aliphatic heterocycles. The number of aliphatic hydroxyl groups is 1. The largest absolute Gasteiger partial charge is 0.394 e. The number of hydrogen-bond donors (Lipinski definition) is 2. The second-order valence-electron chi connectivity index (χ2n) is 4.70. The molecule has 0 aliphatic carbocycles. The van der Waals surface area contributed by atoms with Crippen molar-refractivity contribution in [3.8, 4) is 0 Å². The third-order valence-corrected chi connectivity index (χ3v) is 4.35. The number of rotatable bonds is 7. The lowest BCUT2D eigenvalue weighted by atomic mass is 9.99. The molecule has 0 fully saturated rings. The summed E-state index contributed by atoms with van der Waals surface area (Å²) in [5.74, 6) is 0.936. The number of nitrogens with one attached hydrogen (secondary N) is 1. The lowest BCUT2D eigenvalue weighted by molar-refractivity contribution is 0.162. The summed E-state index contributed by atoms with van der Waals surface area (Å²) >= 11 is 3.32. The Bertz CT molecular complexity index is 343. The van der Waals surface area contributed by atoms with Crippen molar-refractivity contribution in [2.45, 2.75) is 50.0 Å². The van der Waals surface area contributed by atoms with Crippen LogP contribution in [-0.2, 0) is 0 Å². The average Bonchev–Trinajstić information content (AvgIpc) is 2.63. The quantitative estimate of drug-likeness (QED) is 0.746. The van der Waals surface area contributed by atoms with Crippen molar-refractivity contribution in [1.29, 1.82) is 0 Å². The highest BCUT2D eigenvalue weighted by Crippen LogP contribution is 2.24. The number of hydrogen-bond acceptors (Lipinski definition) is 6. The lowest BCUT2D eigenvalue weighted by Crippen LogP contribution is -2.49. The van der Waals surface area contributed by atoms with Gasteiger partial charge in [-0.1, -0.05) is 36.9 Å². The maximum absolute atomic E-state index is 9.44. The van der Waals surface area contributed by atoms with Crippen molar-refractivity contribution in [3.63, 3.8) is 0 Å². The van der Waals surface area contributed by atoms with Crippen LogP contribution in [0, 0.1) is 6.92 Å². The molecule has 4 nitrogen and oxygen atoms in total. The fraction of sp³-hybridized carbons (Fsp3) is 0.818. The van der Waals surface area contributed by atoms with Crippen LogP contribution >= 0.6 is 23.1 Å². The van der Waals surface area contributed by atoms with Gasteiger partial charge in [-0.2, -0.15) is 0 Å². The zero-order chi connectivity index (χ0) is 12.9. The van der Waals surface area contributed by atoms with E-state index in [0.717, 1.165) is 21.5 Å². The van der Waals surface area contributed by atoms with Gasteiger partial charge < -0.3 is 10.4 Å². The smallest absolute Gasteiger partial charge is 0.174 e. The van der Waals surface area contributed by atoms with E-state index in [2.05, 4.69) is 36.3 Å². The van der Waals surface area contributed by atoms with Crippen LogP contribution in [0.4, 0.5) is 0 Å². The maximum Gasteiger partial charge on any atom is 0.174 e. The van der Waals surface area contributed by atoms with Gasteiger partial charge in [0.25, 0.3) is 0 Å². The molecule has 0 spiro atoms. The van der Waals surface area contributed by atoms with E-state index in [0.29, 0.717) is 6.04 Å². The van der Waals surface area contributed by atoms with Gasteiger partial charge in [-0.3, -0.25) is 0 Å². The van der Waals surface area contributed by atoms with Crippen LogP contribution in [0.3, 0.4) is 0 Å². The Balaban J connectivity index is 2.37. The summed E-state index contributed by atoms with van der Waals surface area (Å²) in [7, 11) is 0. The third-order valence-electron chi connectivity index (χ3n) is 2.37. The molecule has 6 heteroatoms. The Morgan fingerprint density at radius 3 is 2.65 bits per heavy atom. The minimum atomic E-state index is -0.207. The maximum atomic E-state index is 9.44. The molecule has 0 bridgehead atoms. The lowest BCUT2D eigenvalue weighted by Gasteiger charge is -2.30. The number of aryl methyl sites for hydroxylation is 1. The molecule has 1 unspecified atom stereocenters. The Labute approximate surface area is 111 Å². The number of aromatic nitrogens is 2. The van der Waals surface area contributed by atoms with Crippen molar-refractivity contribution < 1.29 is 5.11 Å². The van der Waals surface area contributed by atoms with Crippen LogP contribution in [-0.4, -0.2) is 39.2 Å². The molecule has 98 valence electrons. The Morgan fingerprint density at radius 2 is 2.18 bits per heavy atom. The fourth-order valence-corrected chi connectivity index (χ4v) is 3.68. The van der Waals surface area contributed by atoms with E-state index in [1.165, 1.54) is 0 Å². The average molecular weight is 275 g/mol. The van der Waals surface area contributed by atoms with Crippen molar-refractivity contribution in [2.75, 3.05) is 12.4 Å². The number of nitrogens with zero attached hydrogens (tertiary/aromatic N) is 2. The van der Waals surface area contributed by atoms with Crippen molar-refractivity contribution >= 4 is 23.1 Å². The van der Waals surface area contributed by atoms with E-state index in [4.69, 9.17) is 0 Å². The van der Waals surface area contributed by atoms with Crippen LogP contribution in [0.2, 0.25) is 0 Å². The SMILES string of the molecule is Cc1nnc(SCCC(C)(CO)NC(C)C)s1. The Hall–Kier alpha value is -0.170. The van der Waals surface area contributed by atoms with Crippen LogP contribution in [0.15, 0.2) is 4.34 Å². The van der Waals surface area contributed by atoms with Crippen molar-refractivity contribution in [1.82, 2.24) is 15.5 Å². The fourth-order valence-electron chi connectivity index (χ4n) is 1.59. The van der Waals surface area contributed by atoms with Gasteiger partial charge in [0.15, 0.2) is 4.34 Å². The Kier molecular flexibility index (Phi) is 5.85. The van der Waals surface area contributed by atoms with Gasteiger partial charge >= 0.3 is 0 Å². The van der Waals surface area contributed by atoms with Gasteiger partial charge in [0.1, 0.15) is 5.01 Å². The zero-order valence-corrected chi connectivity index (χ0v) is 12.5. The minimum absolute atomic E-state index is 0.154. The molecule has 1 atom stereocenters. The topological polar surface area (TPSA) is 58.0 Å².